The van der Waals surface area contributed by atoms with Gasteiger partial charge in [0, 0.05) is 35.9 Å². The van der Waals surface area contributed by atoms with Crippen LogP contribution in [0.2, 0.25) is 0 Å². The van der Waals surface area contributed by atoms with Crippen LogP contribution in [0.1, 0.15) is 17.4 Å². The largest absolute Gasteiger partial charge is 0.416 e. The Morgan fingerprint density at radius 1 is 0.923 bits per heavy atom. The summed E-state index contributed by atoms with van der Waals surface area (Å²) < 4.78 is 46.4. The third kappa shape index (κ3) is 3.20. The molecule has 1 atom stereocenters. The van der Waals surface area contributed by atoms with Crippen molar-refractivity contribution in [3.8, 4) is 5.69 Å². The van der Waals surface area contributed by atoms with Gasteiger partial charge < -0.3 is 14.2 Å². The van der Waals surface area contributed by atoms with Crippen molar-refractivity contribution in [2.24, 2.45) is 0 Å². The molecule has 3 aromatic rings. The van der Waals surface area contributed by atoms with Gasteiger partial charge in [0.1, 0.15) is 0 Å². The van der Waals surface area contributed by atoms with Crippen molar-refractivity contribution in [2.45, 2.75) is 12.4 Å². The first kappa shape index (κ1) is 16.7. The molecule has 0 bridgehead atoms. The zero-order valence-electron chi connectivity index (χ0n) is 13.9. The molecule has 1 aliphatic heterocycles. The van der Waals surface area contributed by atoms with Crippen LogP contribution in [0.25, 0.3) is 5.69 Å². The monoisotopic (exact) mass is 358 g/mol. The van der Waals surface area contributed by atoms with Crippen LogP contribution in [0.4, 0.5) is 18.9 Å². The summed E-state index contributed by atoms with van der Waals surface area (Å²) in [7, 11) is 0. The second kappa shape index (κ2) is 6.53. The lowest BCUT2D eigenvalue weighted by atomic mass is 10.2. The molecule has 6 heteroatoms. The Balaban J connectivity index is 1.62. The van der Waals surface area contributed by atoms with Gasteiger partial charge in [-0.3, -0.25) is 0 Å². The highest BCUT2D eigenvalue weighted by Gasteiger charge is 2.31. The van der Waals surface area contributed by atoms with E-state index in [1.54, 1.807) is 16.8 Å². The van der Waals surface area contributed by atoms with Crippen molar-refractivity contribution in [3.05, 3.63) is 84.2 Å². The molecule has 1 unspecified atom stereocenters. The molecular weight excluding hydrogens is 341 g/mol. The number of para-hydroxylation sites is 1. The van der Waals surface area contributed by atoms with Crippen molar-refractivity contribution >= 4 is 5.69 Å². The van der Waals surface area contributed by atoms with Gasteiger partial charge in [-0.1, -0.05) is 24.3 Å². The maximum atomic E-state index is 12.9. The van der Waals surface area contributed by atoms with Crippen LogP contribution in [-0.4, -0.2) is 17.7 Å². The average molecular weight is 358 g/mol. The van der Waals surface area contributed by atoms with E-state index in [9.17, 15) is 13.2 Å². The topological polar surface area (TPSA) is 17.4 Å². The van der Waals surface area contributed by atoms with Gasteiger partial charge in [-0.15, -0.1) is 0 Å². The van der Waals surface area contributed by atoms with E-state index in [0.717, 1.165) is 29.9 Å². The summed E-state index contributed by atoms with van der Waals surface area (Å²) in [6, 6.07) is 17.1. The minimum Gasteiger partial charge on any atom is -0.352 e. The third-order valence-electron chi connectivity index (χ3n) is 4.45. The Morgan fingerprint density at radius 3 is 2.46 bits per heavy atom. The summed E-state index contributed by atoms with van der Waals surface area (Å²) in [6.07, 6.45) is -1.02. The van der Waals surface area contributed by atoms with E-state index in [1.807, 2.05) is 42.6 Å². The highest BCUT2D eigenvalue weighted by molar-refractivity contribution is 5.49. The lowest BCUT2D eigenvalue weighted by molar-refractivity contribution is -0.137. The minimum atomic E-state index is -4.36. The van der Waals surface area contributed by atoms with Crippen molar-refractivity contribution in [2.75, 3.05) is 18.1 Å². The fourth-order valence-electron chi connectivity index (χ4n) is 3.19. The highest BCUT2D eigenvalue weighted by atomic mass is 19.4. The standard InChI is InChI=1S/C20H17F3N2O/c21-20(22,23)16-5-4-8-18(13-16)24-10-9-15(14-24)19-25(11-12-26-19)17-6-2-1-3-7-17/h1-10,13-14,19H,11-12H2. The molecule has 0 N–H and O–H groups in total. The lowest BCUT2D eigenvalue weighted by Crippen LogP contribution is -2.22. The van der Waals surface area contributed by atoms with Crippen LogP contribution in [0.5, 0.6) is 0 Å². The Bertz CT molecular complexity index is 889. The molecule has 0 aliphatic carbocycles. The first-order valence-electron chi connectivity index (χ1n) is 8.31. The average Bonchev–Trinajstić information content (AvgIpc) is 3.31. The van der Waals surface area contributed by atoms with Crippen LogP contribution >= 0.6 is 0 Å². The molecule has 0 saturated carbocycles. The maximum absolute atomic E-state index is 12.9. The van der Waals surface area contributed by atoms with E-state index < -0.39 is 11.7 Å². The summed E-state index contributed by atoms with van der Waals surface area (Å²) in [5, 5.41) is 0. The first-order chi connectivity index (χ1) is 12.5. The van der Waals surface area contributed by atoms with Crippen LogP contribution in [0.3, 0.4) is 0 Å². The van der Waals surface area contributed by atoms with Gasteiger partial charge in [0.25, 0.3) is 0 Å². The maximum Gasteiger partial charge on any atom is 0.416 e. The van der Waals surface area contributed by atoms with E-state index in [1.165, 1.54) is 6.07 Å². The van der Waals surface area contributed by atoms with Gasteiger partial charge in [-0.2, -0.15) is 13.2 Å². The summed E-state index contributed by atoms with van der Waals surface area (Å²) in [5.41, 5.74) is 1.77. The fourth-order valence-corrected chi connectivity index (χ4v) is 3.19. The summed E-state index contributed by atoms with van der Waals surface area (Å²) in [4.78, 5) is 2.14. The number of ether oxygens (including phenoxy) is 1. The van der Waals surface area contributed by atoms with Crippen molar-refractivity contribution in [3.63, 3.8) is 0 Å². The summed E-state index contributed by atoms with van der Waals surface area (Å²) in [6.45, 7) is 1.37. The predicted octanol–water partition coefficient (Wildman–Crippen LogP) is 5.03. The van der Waals surface area contributed by atoms with Crippen LogP contribution in [0.15, 0.2) is 73.1 Å². The number of benzene rings is 2. The number of anilines is 1. The number of alkyl halides is 3. The van der Waals surface area contributed by atoms with Crippen molar-refractivity contribution in [1.29, 1.82) is 0 Å². The highest BCUT2D eigenvalue weighted by Crippen LogP contribution is 2.33. The normalized spacial score (nSPS) is 17.7. The van der Waals surface area contributed by atoms with Gasteiger partial charge in [-0.05, 0) is 36.4 Å². The molecule has 134 valence electrons. The lowest BCUT2D eigenvalue weighted by Gasteiger charge is -2.24. The van der Waals surface area contributed by atoms with E-state index in [0.29, 0.717) is 12.3 Å². The number of aromatic nitrogens is 1. The Labute approximate surface area is 149 Å². The second-order valence-corrected chi connectivity index (χ2v) is 6.15. The Morgan fingerprint density at radius 2 is 1.69 bits per heavy atom. The number of halogens is 3. The minimum absolute atomic E-state index is 0.246. The zero-order valence-corrected chi connectivity index (χ0v) is 13.9. The number of rotatable bonds is 3. The number of hydrogen-bond donors (Lipinski definition) is 0. The SMILES string of the molecule is FC(F)(F)c1cccc(-n2ccc(C3OCCN3c3ccccc3)c2)c1. The molecule has 1 aromatic heterocycles. The smallest absolute Gasteiger partial charge is 0.352 e. The van der Waals surface area contributed by atoms with Crippen LogP contribution in [0, 0.1) is 0 Å². The summed E-state index contributed by atoms with van der Waals surface area (Å²) >= 11 is 0. The molecule has 1 fully saturated rings. The third-order valence-corrected chi connectivity index (χ3v) is 4.45. The fraction of sp³-hybridized carbons (Fsp3) is 0.200. The molecule has 26 heavy (non-hydrogen) atoms. The second-order valence-electron chi connectivity index (χ2n) is 6.15. The molecule has 1 aliphatic rings. The van der Waals surface area contributed by atoms with Crippen molar-refractivity contribution < 1.29 is 17.9 Å². The van der Waals surface area contributed by atoms with E-state index in [2.05, 4.69) is 4.90 Å². The molecule has 0 amide bonds. The zero-order chi connectivity index (χ0) is 18.1. The molecule has 2 heterocycles. The van der Waals surface area contributed by atoms with Gasteiger partial charge in [0.2, 0.25) is 0 Å². The Hall–Kier alpha value is -2.73. The Kier molecular flexibility index (Phi) is 4.20. The van der Waals surface area contributed by atoms with Gasteiger partial charge >= 0.3 is 6.18 Å². The van der Waals surface area contributed by atoms with E-state index in [-0.39, 0.29) is 6.23 Å². The van der Waals surface area contributed by atoms with Crippen LogP contribution < -0.4 is 4.90 Å². The van der Waals surface area contributed by atoms with Gasteiger partial charge in [0.05, 0.1) is 12.2 Å². The van der Waals surface area contributed by atoms with E-state index in [4.69, 9.17) is 4.74 Å². The van der Waals surface area contributed by atoms with Gasteiger partial charge in [-0.25, -0.2) is 0 Å². The predicted molar refractivity (Wildman–Crippen MR) is 93.3 cm³/mol. The molecule has 2 aromatic carbocycles. The molecule has 3 nitrogen and oxygen atoms in total. The number of nitrogens with zero attached hydrogens (tertiary/aromatic N) is 2. The van der Waals surface area contributed by atoms with E-state index >= 15 is 0 Å². The molecule has 1 saturated heterocycles. The molecule has 0 spiro atoms. The molecular formula is C20H17F3N2O. The first-order valence-corrected chi connectivity index (χ1v) is 8.31. The quantitative estimate of drug-likeness (QED) is 0.653. The van der Waals surface area contributed by atoms with Crippen LogP contribution in [-0.2, 0) is 10.9 Å². The van der Waals surface area contributed by atoms with Gasteiger partial charge in [0.15, 0.2) is 6.23 Å². The summed E-state index contributed by atoms with van der Waals surface area (Å²) in [5.74, 6) is 0. The molecule has 4 rings (SSSR count). The van der Waals surface area contributed by atoms with Crippen molar-refractivity contribution in [1.82, 2.24) is 4.57 Å². The number of hydrogen-bond acceptors (Lipinski definition) is 2. The molecule has 0 radical (unpaired) electrons.